The van der Waals surface area contributed by atoms with Gasteiger partial charge in [0.05, 0.1) is 17.1 Å². The van der Waals surface area contributed by atoms with Crippen molar-refractivity contribution in [1.29, 1.82) is 0 Å². The van der Waals surface area contributed by atoms with Crippen molar-refractivity contribution >= 4 is 17.3 Å². The summed E-state index contributed by atoms with van der Waals surface area (Å²) in [5, 5.41) is 7.07. The number of nitrogen functional groups attached to an aromatic ring is 1. The van der Waals surface area contributed by atoms with E-state index in [1.54, 1.807) is 10.7 Å². The van der Waals surface area contributed by atoms with Crippen molar-refractivity contribution in [2.75, 3.05) is 11.1 Å². The van der Waals surface area contributed by atoms with Crippen LogP contribution < -0.4 is 11.1 Å². The molecule has 2 rings (SSSR count). The van der Waals surface area contributed by atoms with Gasteiger partial charge in [-0.25, -0.2) is 0 Å². The number of benzene rings is 1. The van der Waals surface area contributed by atoms with Gasteiger partial charge >= 0.3 is 0 Å². The number of nitrogens with two attached hydrogens (primary N) is 1. The Bertz CT molecular complexity index is 616. The van der Waals surface area contributed by atoms with Gasteiger partial charge in [-0.05, 0) is 44.5 Å². The molecule has 0 aliphatic heterocycles. The highest BCUT2D eigenvalue weighted by atomic mass is 16.2. The summed E-state index contributed by atoms with van der Waals surface area (Å²) >= 11 is 0. The molecule has 0 atom stereocenters. The third-order valence-electron chi connectivity index (χ3n) is 2.89. The summed E-state index contributed by atoms with van der Waals surface area (Å²) < 4.78 is 1.68. The SMILES string of the molecule is CCn1nc(C)cc1C(=O)Nc1ccc(C)cc1N. The number of hydrogen-bond donors (Lipinski definition) is 2. The van der Waals surface area contributed by atoms with Crippen molar-refractivity contribution in [2.45, 2.75) is 27.3 Å². The van der Waals surface area contributed by atoms with Crippen molar-refractivity contribution in [2.24, 2.45) is 0 Å². The maximum Gasteiger partial charge on any atom is 0.273 e. The number of nitrogens with zero attached hydrogens (tertiary/aromatic N) is 2. The van der Waals surface area contributed by atoms with E-state index in [-0.39, 0.29) is 5.91 Å². The van der Waals surface area contributed by atoms with Gasteiger partial charge in [-0.3, -0.25) is 9.48 Å². The van der Waals surface area contributed by atoms with E-state index in [1.807, 2.05) is 39.0 Å². The van der Waals surface area contributed by atoms with Crippen LogP contribution in [-0.4, -0.2) is 15.7 Å². The van der Waals surface area contributed by atoms with Gasteiger partial charge in [0.2, 0.25) is 0 Å². The number of nitrogens with one attached hydrogen (secondary N) is 1. The number of amides is 1. The normalized spacial score (nSPS) is 10.5. The molecular formula is C14H18N4O. The second-order valence-electron chi connectivity index (χ2n) is 4.53. The number of anilines is 2. The maximum absolute atomic E-state index is 12.2. The number of rotatable bonds is 3. The second-order valence-corrected chi connectivity index (χ2v) is 4.53. The van der Waals surface area contributed by atoms with Crippen molar-refractivity contribution in [3.05, 3.63) is 41.2 Å². The molecule has 3 N–H and O–H groups in total. The zero-order chi connectivity index (χ0) is 14.0. The molecule has 5 heteroatoms. The summed E-state index contributed by atoms with van der Waals surface area (Å²) in [5.41, 5.74) is 9.50. The van der Waals surface area contributed by atoms with E-state index >= 15 is 0 Å². The van der Waals surface area contributed by atoms with E-state index in [1.165, 1.54) is 0 Å². The number of hydrogen-bond acceptors (Lipinski definition) is 3. The zero-order valence-electron chi connectivity index (χ0n) is 11.4. The second kappa shape index (κ2) is 5.14. The molecule has 1 heterocycles. The minimum atomic E-state index is -0.196. The first-order valence-corrected chi connectivity index (χ1v) is 6.23. The van der Waals surface area contributed by atoms with Crippen LogP contribution in [0.25, 0.3) is 0 Å². The van der Waals surface area contributed by atoms with E-state index in [2.05, 4.69) is 10.4 Å². The van der Waals surface area contributed by atoms with Gasteiger partial charge in [-0.1, -0.05) is 6.07 Å². The van der Waals surface area contributed by atoms with Gasteiger partial charge in [0.1, 0.15) is 5.69 Å². The van der Waals surface area contributed by atoms with Crippen molar-refractivity contribution in [1.82, 2.24) is 9.78 Å². The molecule has 1 aromatic heterocycles. The summed E-state index contributed by atoms with van der Waals surface area (Å²) in [7, 11) is 0. The Labute approximate surface area is 112 Å². The quantitative estimate of drug-likeness (QED) is 0.830. The van der Waals surface area contributed by atoms with Crippen LogP contribution in [0.2, 0.25) is 0 Å². The third-order valence-corrected chi connectivity index (χ3v) is 2.89. The van der Waals surface area contributed by atoms with Crippen LogP contribution in [0.3, 0.4) is 0 Å². The van der Waals surface area contributed by atoms with E-state index in [0.29, 0.717) is 23.6 Å². The molecular weight excluding hydrogens is 240 g/mol. The molecule has 19 heavy (non-hydrogen) atoms. The first-order valence-electron chi connectivity index (χ1n) is 6.23. The lowest BCUT2D eigenvalue weighted by Crippen LogP contribution is -2.18. The van der Waals surface area contributed by atoms with Crippen molar-refractivity contribution < 1.29 is 4.79 Å². The molecule has 1 aromatic carbocycles. The Morgan fingerprint density at radius 1 is 1.37 bits per heavy atom. The average Bonchev–Trinajstić information content (AvgIpc) is 2.74. The number of aryl methyl sites for hydroxylation is 3. The first-order chi connectivity index (χ1) is 9.01. The van der Waals surface area contributed by atoms with E-state index < -0.39 is 0 Å². The van der Waals surface area contributed by atoms with Crippen LogP contribution in [0.5, 0.6) is 0 Å². The van der Waals surface area contributed by atoms with Gasteiger partial charge in [-0.2, -0.15) is 5.10 Å². The lowest BCUT2D eigenvalue weighted by atomic mass is 10.2. The van der Waals surface area contributed by atoms with E-state index in [0.717, 1.165) is 11.3 Å². The fraction of sp³-hybridized carbons (Fsp3) is 0.286. The van der Waals surface area contributed by atoms with E-state index in [4.69, 9.17) is 5.73 Å². The highest BCUT2D eigenvalue weighted by molar-refractivity contribution is 6.04. The van der Waals surface area contributed by atoms with Crippen LogP contribution in [0.1, 0.15) is 28.7 Å². The number of aromatic nitrogens is 2. The van der Waals surface area contributed by atoms with Crippen LogP contribution in [0.4, 0.5) is 11.4 Å². The molecule has 0 saturated heterocycles. The summed E-state index contributed by atoms with van der Waals surface area (Å²) in [6.45, 7) is 6.42. The van der Waals surface area contributed by atoms with Crippen LogP contribution in [0, 0.1) is 13.8 Å². The molecule has 0 radical (unpaired) electrons. The number of carbonyl (C=O) groups is 1. The highest BCUT2D eigenvalue weighted by Gasteiger charge is 2.14. The molecule has 5 nitrogen and oxygen atoms in total. The summed E-state index contributed by atoms with van der Waals surface area (Å²) in [6.07, 6.45) is 0. The predicted molar refractivity (Wildman–Crippen MR) is 76.2 cm³/mol. The Hall–Kier alpha value is -2.30. The Morgan fingerprint density at radius 2 is 2.11 bits per heavy atom. The number of carbonyl (C=O) groups excluding carboxylic acids is 1. The van der Waals surface area contributed by atoms with Crippen molar-refractivity contribution in [3.8, 4) is 0 Å². The van der Waals surface area contributed by atoms with Gasteiger partial charge in [0, 0.05) is 6.54 Å². The lowest BCUT2D eigenvalue weighted by molar-refractivity contribution is 0.101. The molecule has 0 bridgehead atoms. The molecule has 1 amide bonds. The van der Waals surface area contributed by atoms with Crippen LogP contribution in [0.15, 0.2) is 24.3 Å². The Kier molecular flexibility index (Phi) is 3.55. The van der Waals surface area contributed by atoms with Crippen molar-refractivity contribution in [3.63, 3.8) is 0 Å². The fourth-order valence-corrected chi connectivity index (χ4v) is 1.95. The fourth-order valence-electron chi connectivity index (χ4n) is 1.95. The monoisotopic (exact) mass is 258 g/mol. The van der Waals surface area contributed by atoms with Crippen LogP contribution in [-0.2, 0) is 6.54 Å². The third kappa shape index (κ3) is 2.76. The lowest BCUT2D eigenvalue weighted by Gasteiger charge is -2.09. The Morgan fingerprint density at radius 3 is 2.74 bits per heavy atom. The standard InChI is InChI=1S/C14H18N4O/c1-4-18-13(8-10(3)17-18)14(19)16-12-6-5-9(2)7-11(12)15/h5-8H,4,15H2,1-3H3,(H,16,19). The first kappa shape index (κ1) is 13.1. The van der Waals surface area contributed by atoms with Crippen LogP contribution >= 0.6 is 0 Å². The highest BCUT2D eigenvalue weighted by Crippen LogP contribution is 2.20. The minimum Gasteiger partial charge on any atom is -0.397 e. The molecule has 0 fully saturated rings. The minimum absolute atomic E-state index is 0.196. The van der Waals surface area contributed by atoms with Gasteiger partial charge in [-0.15, -0.1) is 0 Å². The molecule has 0 spiro atoms. The van der Waals surface area contributed by atoms with Gasteiger partial charge in [0.15, 0.2) is 0 Å². The molecule has 2 aromatic rings. The topological polar surface area (TPSA) is 72.9 Å². The zero-order valence-corrected chi connectivity index (χ0v) is 11.4. The summed E-state index contributed by atoms with van der Waals surface area (Å²) in [4.78, 5) is 12.2. The summed E-state index contributed by atoms with van der Waals surface area (Å²) in [6, 6.07) is 7.32. The van der Waals surface area contributed by atoms with Gasteiger partial charge < -0.3 is 11.1 Å². The molecule has 0 aliphatic rings. The maximum atomic E-state index is 12.2. The van der Waals surface area contributed by atoms with E-state index in [9.17, 15) is 4.79 Å². The molecule has 0 saturated carbocycles. The Balaban J connectivity index is 2.25. The molecule has 0 unspecified atom stereocenters. The smallest absolute Gasteiger partial charge is 0.273 e. The van der Waals surface area contributed by atoms with Gasteiger partial charge in [0.25, 0.3) is 5.91 Å². The summed E-state index contributed by atoms with van der Waals surface area (Å²) in [5.74, 6) is -0.196. The predicted octanol–water partition coefficient (Wildman–Crippen LogP) is 2.35. The molecule has 100 valence electrons. The average molecular weight is 258 g/mol. The molecule has 0 aliphatic carbocycles. The largest absolute Gasteiger partial charge is 0.397 e.